The summed E-state index contributed by atoms with van der Waals surface area (Å²) >= 11 is 0. The Balaban J connectivity index is 1.29. The molecule has 6 heteroatoms. The number of pyridine rings is 1. The molecule has 35 heavy (non-hydrogen) atoms. The number of fused-ring (bicyclic) bond motifs is 1. The lowest BCUT2D eigenvalue weighted by Gasteiger charge is -2.12. The van der Waals surface area contributed by atoms with E-state index in [4.69, 9.17) is 9.72 Å². The second-order valence-corrected chi connectivity index (χ2v) is 8.85. The molecular formula is C29H34N4O2. The van der Waals surface area contributed by atoms with Gasteiger partial charge in [0.2, 0.25) is 0 Å². The van der Waals surface area contributed by atoms with Crippen molar-refractivity contribution in [3.8, 4) is 5.75 Å². The van der Waals surface area contributed by atoms with Crippen LogP contribution in [0.25, 0.3) is 11.0 Å². The smallest absolute Gasteiger partial charge is 0.252 e. The van der Waals surface area contributed by atoms with Gasteiger partial charge in [-0.25, -0.2) is 4.98 Å². The number of aromatic nitrogens is 3. The first-order valence-corrected chi connectivity index (χ1v) is 12.5. The quantitative estimate of drug-likeness (QED) is 0.267. The zero-order valence-electron chi connectivity index (χ0n) is 20.6. The molecule has 1 N–H and O–H groups in total. The summed E-state index contributed by atoms with van der Waals surface area (Å²) in [6, 6.07) is 20.2. The Hall–Kier alpha value is -3.67. The molecule has 0 radical (unpaired) electrons. The number of unbranched alkanes of at least 4 members (excludes halogenated alkanes) is 1. The number of imidazole rings is 1. The monoisotopic (exact) mass is 470 g/mol. The van der Waals surface area contributed by atoms with Crippen LogP contribution in [0.1, 0.15) is 60.8 Å². The van der Waals surface area contributed by atoms with E-state index < -0.39 is 0 Å². The summed E-state index contributed by atoms with van der Waals surface area (Å²) in [6.45, 7) is 6.53. The first kappa shape index (κ1) is 24.5. The average Bonchev–Trinajstić information content (AvgIpc) is 3.26. The van der Waals surface area contributed by atoms with Crippen molar-refractivity contribution in [2.24, 2.45) is 0 Å². The van der Waals surface area contributed by atoms with Crippen LogP contribution in [0, 0.1) is 0 Å². The van der Waals surface area contributed by atoms with E-state index in [1.165, 1.54) is 5.56 Å². The topological polar surface area (TPSA) is 69.0 Å². The Morgan fingerprint density at radius 3 is 2.66 bits per heavy atom. The Morgan fingerprint density at radius 2 is 1.89 bits per heavy atom. The molecule has 4 rings (SSSR count). The third-order valence-electron chi connectivity index (χ3n) is 6.40. The van der Waals surface area contributed by atoms with Crippen molar-refractivity contribution in [3.05, 3.63) is 90.0 Å². The number of para-hydroxylation sites is 2. The number of rotatable bonds is 12. The molecule has 2 heterocycles. The molecule has 0 bridgehead atoms. The van der Waals surface area contributed by atoms with E-state index in [1.54, 1.807) is 24.5 Å². The first-order valence-electron chi connectivity index (χ1n) is 12.5. The summed E-state index contributed by atoms with van der Waals surface area (Å²) in [5.41, 5.74) is 4.04. The molecule has 0 aliphatic rings. The number of carbonyl (C=O) groups excluding carboxylic acids is 1. The number of amides is 1. The number of hydrogen-bond donors (Lipinski definition) is 1. The maximum absolute atomic E-state index is 12.3. The number of hydrogen-bond acceptors (Lipinski definition) is 4. The third-order valence-corrected chi connectivity index (χ3v) is 6.40. The standard InChI is InChI=1S/C29H34N4O2/c1-3-22(2)23-12-14-25(15-13-23)35-20-7-6-19-33-27-11-5-4-10-26(27)32-28(33)16-18-31-29(34)24-9-8-17-30-21-24/h4-5,8-15,17,21-22H,3,6-7,16,18-20H2,1-2H3,(H,31,34). The molecule has 2 aromatic heterocycles. The van der Waals surface area contributed by atoms with Gasteiger partial charge in [-0.15, -0.1) is 0 Å². The van der Waals surface area contributed by atoms with Gasteiger partial charge in [-0.05, 0) is 67.1 Å². The molecular weight excluding hydrogens is 436 g/mol. The molecule has 4 aromatic rings. The summed E-state index contributed by atoms with van der Waals surface area (Å²) in [7, 11) is 0. The first-order chi connectivity index (χ1) is 17.2. The van der Waals surface area contributed by atoms with Crippen molar-refractivity contribution in [1.29, 1.82) is 0 Å². The van der Waals surface area contributed by atoms with E-state index in [9.17, 15) is 4.79 Å². The molecule has 6 nitrogen and oxygen atoms in total. The van der Waals surface area contributed by atoms with Gasteiger partial charge in [-0.2, -0.15) is 0 Å². The van der Waals surface area contributed by atoms with Crippen molar-refractivity contribution >= 4 is 16.9 Å². The number of aryl methyl sites for hydroxylation is 1. The fraction of sp³-hybridized carbons (Fsp3) is 0.345. The van der Waals surface area contributed by atoms with Crippen molar-refractivity contribution in [2.75, 3.05) is 13.2 Å². The van der Waals surface area contributed by atoms with Crippen LogP contribution < -0.4 is 10.1 Å². The Bertz CT molecular complexity index is 1220. The van der Waals surface area contributed by atoms with Crippen molar-refractivity contribution in [2.45, 2.75) is 52.0 Å². The lowest BCUT2D eigenvalue weighted by atomic mass is 9.99. The fourth-order valence-corrected chi connectivity index (χ4v) is 4.14. The second kappa shape index (κ2) is 12.2. The van der Waals surface area contributed by atoms with Gasteiger partial charge in [0.15, 0.2) is 0 Å². The number of ether oxygens (including phenoxy) is 1. The predicted octanol–water partition coefficient (Wildman–Crippen LogP) is 5.78. The van der Waals surface area contributed by atoms with Crippen LogP contribution in [0.5, 0.6) is 5.75 Å². The molecule has 0 saturated carbocycles. The van der Waals surface area contributed by atoms with Crippen molar-refractivity contribution < 1.29 is 9.53 Å². The molecule has 0 fully saturated rings. The second-order valence-electron chi connectivity index (χ2n) is 8.85. The number of nitrogens with zero attached hydrogens (tertiary/aromatic N) is 3. The highest BCUT2D eigenvalue weighted by atomic mass is 16.5. The van der Waals surface area contributed by atoms with Gasteiger partial charge in [-0.3, -0.25) is 9.78 Å². The minimum Gasteiger partial charge on any atom is -0.494 e. The highest BCUT2D eigenvalue weighted by Gasteiger charge is 2.11. The predicted molar refractivity (Wildman–Crippen MR) is 140 cm³/mol. The Labute approximate surface area is 207 Å². The largest absolute Gasteiger partial charge is 0.494 e. The summed E-state index contributed by atoms with van der Waals surface area (Å²) in [6.07, 6.45) is 6.99. The Morgan fingerprint density at radius 1 is 1.06 bits per heavy atom. The van der Waals surface area contributed by atoms with E-state index in [0.29, 0.717) is 31.1 Å². The molecule has 0 aliphatic carbocycles. The van der Waals surface area contributed by atoms with Gasteiger partial charge < -0.3 is 14.6 Å². The number of carbonyl (C=O) groups is 1. The molecule has 0 aliphatic heterocycles. The van der Waals surface area contributed by atoms with Gasteiger partial charge in [-0.1, -0.05) is 38.1 Å². The van der Waals surface area contributed by atoms with E-state index in [-0.39, 0.29) is 5.91 Å². The molecule has 0 saturated heterocycles. The van der Waals surface area contributed by atoms with Gasteiger partial charge >= 0.3 is 0 Å². The lowest BCUT2D eigenvalue weighted by Crippen LogP contribution is -2.26. The number of benzene rings is 2. The van der Waals surface area contributed by atoms with Crippen LogP contribution in [0.15, 0.2) is 73.1 Å². The fourth-order valence-electron chi connectivity index (χ4n) is 4.14. The average molecular weight is 471 g/mol. The maximum Gasteiger partial charge on any atom is 0.252 e. The van der Waals surface area contributed by atoms with Crippen LogP contribution in [-0.4, -0.2) is 33.6 Å². The normalized spacial score (nSPS) is 11.9. The Kier molecular flexibility index (Phi) is 8.49. The van der Waals surface area contributed by atoms with E-state index in [1.807, 2.05) is 18.2 Å². The minimum atomic E-state index is -0.116. The van der Waals surface area contributed by atoms with Crippen LogP contribution in [0.3, 0.4) is 0 Å². The zero-order chi connectivity index (χ0) is 24.5. The zero-order valence-corrected chi connectivity index (χ0v) is 20.6. The van der Waals surface area contributed by atoms with E-state index in [0.717, 1.165) is 48.4 Å². The molecule has 1 unspecified atom stereocenters. The van der Waals surface area contributed by atoms with Gasteiger partial charge in [0.25, 0.3) is 5.91 Å². The summed E-state index contributed by atoms with van der Waals surface area (Å²) < 4.78 is 8.24. The highest BCUT2D eigenvalue weighted by molar-refractivity contribution is 5.93. The number of nitrogens with one attached hydrogen (secondary N) is 1. The maximum atomic E-state index is 12.3. The van der Waals surface area contributed by atoms with Gasteiger partial charge in [0.05, 0.1) is 23.2 Å². The van der Waals surface area contributed by atoms with E-state index >= 15 is 0 Å². The van der Waals surface area contributed by atoms with Crippen LogP contribution in [0.4, 0.5) is 0 Å². The lowest BCUT2D eigenvalue weighted by molar-refractivity contribution is 0.0953. The highest BCUT2D eigenvalue weighted by Crippen LogP contribution is 2.22. The van der Waals surface area contributed by atoms with Crippen LogP contribution >= 0.6 is 0 Å². The third kappa shape index (κ3) is 6.47. The molecule has 0 spiro atoms. The van der Waals surface area contributed by atoms with Crippen molar-refractivity contribution in [1.82, 2.24) is 19.9 Å². The summed E-state index contributed by atoms with van der Waals surface area (Å²) in [5, 5.41) is 2.98. The molecule has 2 aromatic carbocycles. The molecule has 1 atom stereocenters. The molecule has 1 amide bonds. The van der Waals surface area contributed by atoms with E-state index in [2.05, 4.69) is 59.0 Å². The van der Waals surface area contributed by atoms with Crippen LogP contribution in [-0.2, 0) is 13.0 Å². The van der Waals surface area contributed by atoms with Crippen LogP contribution in [0.2, 0.25) is 0 Å². The summed E-state index contributed by atoms with van der Waals surface area (Å²) in [5.74, 6) is 2.37. The minimum absolute atomic E-state index is 0.116. The summed E-state index contributed by atoms with van der Waals surface area (Å²) in [4.78, 5) is 21.2. The van der Waals surface area contributed by atoms with Gasteiger partial charge in [0, 0.05) is 31.9 Å². The van der Waals surface area contributed by atoms with Crippen molar-refractivity contribution in [3.63, 3.8) is 0 Å². The van der Waals surface area contributed by atoms with Gasteiger partial charge in [0.1, 0.15) is 11.6 Å². The SMILES string of the molecule is CCC(C)c1ccc(OCCCCn2c(CCNC(=O)c3cccnc3)nc3ccccc32)cc1. The molecule has 182 valence electrons.